The minimum absolute atomic E-state index is 0.643. The fourth-order valence-corrected chi connectivity index (χ4v) is 10.0. The molecule has 1 aliphatic rings. The first kappa shape index (κ1) is 19.3. The van der Waals surface area contributed by atoms with E-state index in [1.165, 1.54) is 30.6 Å². The van der Waals surface area contributed by atoms with E-state index in [1.54, 1.807) is 5.57 Å². The maximum absolute atomic E-state index is 7.07. The van der Waals surface area contributed by atoms with Crippen LogP contribution in [0.15, 0.2) is 41.7 Å². The summed E-state index contributed by atoms with van der Waals surface area (Å²) < 4.78 is 7.07. The van der Waals surface area contributed by atoms with Crippen LogP contribution in [0.4, 0.5) is 0 Å². The van der Waals surface area contributed by atoms with Gasteiger partial charge in [0.05, 0.1) is 5.76 Å². The van der Waals surface area contributed by atoms with E-state index in [1.807, 2.05) is 0 Å². The van der Waals surface area contributed by atoms with Gasteiger partial charge in [0.2, 0.25) is 0 Å². The van der Waals surface area contributed by atoms with Crippen molar-refractivity contribution >= 4 is 8.32 Å². The molecule has 0 radical (unpaired) electrons. The number of hydrogen-bond donors (Lipinski definition) is 0. The van der Waals surface area contributed by atoms with Crippen molar-refractivity contribution in [3.63, 3.8) is 0 Å². The van der Waals surface area contributed by atoms with Gasteiger partial charge in [0.15, 0.2) is 0 Å². The Morgan fingerprint density at radius 3 is 1.92 bits per heavy atom. The molecule has 0 amide bonds. The lowest BCUT2D eigenvalue weighted by atomic mass is 9.93. The Kier molecular flexibility index (Phi) is 6.74. The van der Waals surface area contributed by atoms with E-state index in [9.17, 15) is 0 Å². The Balaban J connectivity index is 2.34. The van der Waals surface area contributed by atoms with E-state index in [0.29, 0.717) is 16.6 Å². The molecule has 0 fully saturated rings. The van der Waals surface area contributed by atoms with Crippen LogP contribution in [0.2, 0.25) is 16.6 Å². The van der Waals surface area contributed by atoms with Crippen LogP contribution in [0.5, 0.6) is 0 Å². The molecular weight excluding hydrogens is 308 g/mol. The van der Waals surface area contributed by atoms with Crippen LogP contribution in [-0.4, -0.2) is 8.32 Å². The van der Waals surface area contributed by atoms with Crippen molar-refractivity contribution in [3.8, 4) is 0 Å². The summed E-state index contributed by atoms with van der Waals surface area (Å²) in [6, 6.07) is 10.9. The normalized spacial score (nSPS) is 16.4. The van der Waals surface area contributed by atoms with Gasteiger partial charge in [0.1, 0.15) is 0 Å². The number of allylic oxidation sites excluding steroid dienone is 2. The Labute approximate surface area is 150 Å². The molecule has 134 valence electrons. The molecule has 0 saturated heterocycles. The number of benzene rings is 1. The van der Waals surface area contributed by atoms with Gasteiger partial charge in [-0.05, 0) is 53.4 Å². The summed E-state index contributed by atoms with van der Waals surface area (Å²) in [6.45, 7) is 14.3. The van der Waals surface area contributed by atoms with E-state index < -0.39 is 8.32 Å². The largest absolute Gasteiger partial charge is 0.546 e. The lowest BCUT2D eigenvalue weighted by molar-refractivity contribution is 0.331. The summed E-state index contributed by atoms with van der Waals surface area (Å²) in [4.78, 5) is 0. The van der Waals surface area contributed by atoms with E-state index in [-0.39, 0.29) is 0 Å². The van der Waals surface area contributed by atoms with E-state index in [0.717, 1.165) is 12.8 Å². The zero-order valence-electron chi connectivity index (χ0n) is 16.6. The summed E-state index contributed by atoms with van der Waals surface area (Å²) in [5.74, 6) is 1.35. The standard InChI is InChI=1S/C22H36OSi/c1-17(2)24(18(3)4,19(5)6)23-22-15-11-10-14-21(22)16-20-12-8-7-9-13-20/h7-9,12-13,17-19H,10-11,14-16H2,1-6H3. The smallest absolute Gasteiger partial charge is 0.258 e. The average molecular weight is 345 g/mol. The maximum atomic E-state index is 7.07. The third-order valence-electron chi connectivity index (χ3n) is 5.79. The van der Waals surface area contributed by atoms with Crippen molar-refractivity contribution < 1.29 is 4.43 Å². The monoisotopic (exact) mass is 344 g/mol. The van der Waals surface area contributed by atoms with Crippen molar-refractivity contribution in [1.29, 1.82) is 0 Å². The highest BCUT2D eigenvalue weighted by Crippen LogP contribution is 2.45. The van der Waals surface area contributed by atoms with Gasteiger partial charge in [-0.2, -0.15) is 0 Å². The van der Waals surface area contributed by atoms with Crippen molar-refractivity contribution in [2.24, 2.45) is 0 Å². The molecule has 0 N–H and O–H groups in total. The third-order valence-corrected chi connectivity index (χ3v) is 11.8. The molecule has 0 spiro atoms. The summed E-state index contributed by atoms with van der Waals surface area (Å²) in [6.07, 6.45) is 6.02. The Hall–Kier alpha value is -1.02. The predicted molar refractivity (Wildman–Crippen MR) is 108 cm³/mol. The molecule has 24 heavy (non-hydrogen) atoms. The Morgan fingerprint density at radius 1 is 0.833 bits per heavy atom. The predicted octanol–water partition coefficient (Wildman–Crippen LogP) is 7.25. The van der Waals surface area contributed by atoms with E-state index in [2.05, 4.69) is 71.9 Å². The SMILES string of the molecule is CC(C)[Si](OC1=C(Cc2ccccc2)CCCC1)(C(C)C)C(C)C. The molecule has 0 unspecified atom stereocenters. The zero-order valence-corrected chi connectivity index (χ0v) is 17.6. The molecule has 0 aromatic heterocycles. The molecule has 0 atom stereocenters. The molecular formula is C22H36OSi. The topological polar surface area (TPSA) is 9.23 Å². The quantitative estimate of drug-likeness (QED) is 0.473. The van der Waals surface area contributed by atoms with E-state index in [4.69, 9.17) is 4.43 Å². The van der Waals surface area contributed by atoms with Crippen molar-refractivity contribution in [2.75, 3.05) is 0 Å². The molecule has 0 aliphatic heterocycles. The minimum Gasteiger partial charge on any atom is -0.546 e. The Bertz CT molecular complexity index is 521. The second kappa shape index (κ2) is 8.38. The molecule has 1 nitrogen and oxygen atoms in total. The van der Waals surface area contributed by atoms with Crippen LogP contribution in [0.1, 0.15) is 72.8 Å². The van der Waals surface area contributed by atoms with E-state index >= 15 is 0 Å². The Morgan fingerprint density at radius 2 is 1.38 bits per heavy atom. The molecule has 0 heterocycles. The second-order valence-electron chi connectivity index (χ2n) is 8.32. The van der Waals surface area contributed by atoms with Gasteiger partial charge in [0, 0.05) is 6.42 Å². The first-order valence-corrected chi connectivity index (χ1v) is 12.0. The van der Waals surface area contributed by atoms with Crippen molar-refractivity contribution in [2.45, 2.75) is 90.3 Å². The van der Waals surface area contributed by atoms with Crippen molar-refractivity contribution in [3.05, 3.63) is 47.2 Å². The van der Waals surface area contributed by atoms with Gasteiger partial charge in [0.25, 0.3) is 8.32 Å². The van der Waals surface area contributed by atoms with Crippen LogP contribution in [0.25, 0.3) is 0 Å². The van der Waals surface area contributed by atoms with Crippen LogP contribution < -0.4 is 0 Å². The van der Waals surface area contributed by atoms with Crippen LogP contribution in [-0.2, 0) is 10.8 Å². The van der Waals surface area contributed by atoms with Crippen LogP contribution >= 0.6 is 0 Å². The lowest BCUT2D eigenvalue weighted by Gasteiger charge is -2.44. The fourth-order valence-electron chi connectivity index (χ4n) is 4.66. The third kappa shape index (κ3) is 4.14. The lowest BCUT2D eigenvalue weighted by Crippen LogP contribution is -2.47. The molecule has 0 bridgehead atoms. The zero-order chi connectivity index (χ0) is 17.7. The average Bonchev–Trinajstić information content (AvgIpc) is 2.54. The number of rotatable bonds is 7. The van der Waals surface area contributed by atoms with Crippen LogP contribution in [0, 0.1) is 0 Å². The highest BCUT2D eigenvalue weighted by molar-refractivity contribution is 6.77. The highest BCUT2D eigenvalue weighted by atomic mass is 28.4. The summed E-state index contributed by atoms with van der Waals surface area (Å²) >= 11 is 0. The first-order valence-electron chi connectivity index (χ1n) is 9.81. The summed E-state index contributed by atoms with van der Waals surface area (Å²) in [7, 11) is -1.83. The highest BCUT2D eigenvalue weighted by Gasteiger charge is 2.47. The van der Waals surface area contributed by atoms with Crippen molar-refractivity contribution in [1.82, 2.24) is 0 Å². The first-order chi connectivity index (χ1) is 11.4. The van der Waals surface area contributed by atoms with Gasteiger partial charge in [-0.25, -0.2) is 0 Å². The van der Waals surface area contributed by atoms with Gasteiger partial charge in [-0.3, -0.25) is 0 Å². The summed E-state index contributed by atoms with van der Waals surface area (Å²) in [5, 5.41) is 0. The van der Waals surface area contributed by atoms with Crippen LogP contribution in [0.3, 0.4) is 0 Å². The molecule has 2 heteroatoms. The molecule has 2 rings (SSSR count). The molecule has 0 saturated carbocycles. The molecule has 1 aromatic carbocycles. The van der Waals surface area contributed by atoms with Gasteiger partial charge >= 0.3 is 0 Å². The fraction of sp³-hybridized carbons (Fsp3) is 0.636. The van der Waals surface area contributed by atoms with Gasteiger partial charge in [-0.15, -0.1) is 0 Å². The maximum Gasteiger partial charge on any atom is 0.258 e. The molecule has 1 aromatic rings. The second-order valence-corrected chi connectivity index (χ2v) is 13.7. The molecule has 1 aliphatic carbocycles. The summed E-state index contributed by atoms with van der Waals surface area (Å²) in [5.41, 5.74) is 4.91. The number of hydrogen-bond acceptors (Lipinski definition) is 1. The van der Waals surface area contributed by atoms with Gasteiger partial charge < -0.3 is 4.43 Å². The minimum atomic E-state index is -1.83. The van der Waals surface area contributed by atoms with Gasteiger partial charge in [-0.1, -0.05) is 71.9 Å².